The van der Waals surface area contributed by atoms with E-state index < -0.39 is 0 Å². The Hall–Kier alpha value is -0.330. The fraction of sp³-hybridized carbons (Fsp3) is 0.857. The van der Waals surface area contributed by atoms with Gasteiger partial charge in [-0.05, 0) is 18.6 Å². The molecule has 0 spiro atoms. The summed E-state index contributed by atoms with van der Waals surface area (Å²) in [4.78, 5) is 4.12. The van der Waals surface area contributed by atoms with Crippen LogP contribution >= 0.6 is 0 Å². The van der Waals surface area contributed by atoms with Gasteiger partial charge in [0.05, 0.1) is 0 Å². The first-order valence-electron chi connectivity index (χ1n) is 3.01. The summed E-state index contributed by atoms with van der Waals surface area (Å²) in [6, 6.07) is 0. The zero-order valence-electron chi connectivity index (χ0n) is 6.23. The van der Waals surface area contributed by atoms with Crippen LogP contribution in [0.3, 0.4) is 0 Å². The largest absolute Gasteiger partial charge is 0.297 e. The van der Waals surface area contributed by atoms with Crippen molar-refractivity contribution in [2.45, 2.75) is 27.7 Å². The lowest BCUT2D eigenvalue weighted by Gasteiger charge is -2.13. The second kappa shape index (κ2) is 2.85. The van der Waals surface area contributed by atoms with Gasteiger partial charge in [0.1, 0.15) is 0 Å². The Morgan fingerprint density at radius 2 is 1.88 bits per heavy atom. The van der Waals surface area contributed by atoms with Crippen LogP contribution in [0.25, 0.3) is 0 Å². The molecule has 0 aromatic carbocycles. The van der Waals surface area contributed by atoms with E-state index in [4.69, 9.17) is 0 Å². The van der Waals surface area contributed by atoms with Crippen molar-refractivity contribution in [3.63, 3.8) is 0 Å². The van der Waals surface area contributed by atoms with Crippen LogP contribution in [0.4, 0.5) is 0 Å². The fourth-order valence-electron chi connectivity index (χ4n) is 0.365. The van der Waals surface area contributed by atoms with Crippen molar-refractivity contribution in [3.8, 4) is 0 Å². The molecule has 48 valence electrons. The third-order valence-electron chi connectivity index (χ3n) is 0.748. The van der Waals surface area contributed by atoms with Crippen molar-refractivity contribution in [2.24, 2.45) is 10.4 Å². The topological polar surface area (TPSA) is 12.4 Å². The van der Waals surface area contributed by atoms with Gasteiger partial charge in [0, 0.05) is 6.54 Å². The van der Waals surface area contributed by atoms with Crippen molar-refractivity contribution in [1.29, 1.82) is 0 Å². The van der Waals surface area contributed by atoms with E-state index >= 15 is 0 Å². The molecule has 0 saturated heterocycles. The molecule has 0 unspecified atom stereocenters. The normalized spacial score (nSPS) is 13.0. The van der Waals surface area contributed by atoms with Crippen LogP contribution in [-0.4, -0.2) is 12.8 Å². The van der Waals surface area contributed by atoms with Gasteiger partial charge in [-0.25, -0.2) is 0 Å². The van der Waals surface area contributed by atoms with Crippen LogP contribution in [0.15, 0.2) is 4.99 Å². The molecule has 1 nitrogen and oxygen atoms in total. The average molecular weight is 113 g/mol. The zero-order valence-corrected chi connectivity index (χ0v) is 6.23. The number of hydrogen-bond donors (Lipinski definition) is 0. The minimum Gasteiger partial charge on any atom is -0.297 e. The van der Waals surface area contributed by atoms with Gasteiger partial charge in [0.15, 0.2) is 0 Å². The third kappa shape index (κ3) is 5.67. The average Bonchev–Trinajstić information content (AvgIpc) is 1.59. The first-order chi connectivity index (χ1) is 3.56. The molecule has 0 aromatic heterocycles. The molecule has 0 heterocycles. The molecular formula is C7H15N. The van der Waals surface area contributed by atoms with Gasteiger partial charge in [-0.15, -0.1) is 0 Å². The van der Waals surface area contributed by atoms with Gasteiger partial charge < -0.3 is 0 Å². The van der Waals surface area contributed by atoms with Gasteiger partial charge in [0.2, 0.25) is 0 Å². The Morgan fingerprint density at radius 1 is 1.38 bits per heavy atom. The van der Waals surface area contributed by atoms with Gasteiger partial charge in [-0.2, -0.15) is 0 Å². The van der Waals surface area contributed by atoms with E-state index in [1.165, 1.54) is 0 Å². The molecular weight excluding hydrogens is 98.1 g/mol. The maximum absolute atomic E-state index is 4.12. The van der Waals surface area contributed by atoms with Gasteiger partial charge in [0.25, 0.3) is 0 Å². The summed E-state index contributed by atoms with van der Waals surface area (Å²) in [7, 11) is 0. The Labute approximate surface area is 51.8 Å². The van der Waals surface area contributed by atoms with E-state index in [0.717, 1.165) is 6.54 Å². The summed E-state index contributed by atoms with van der Waals surface area (Å²) in [6.07, 6.45) is 1.85. The number of aliphatic imine (C=N–C) groups is 1. The van der Waals surface area contributed by atoms with Crippen LogP contribution in [-0.2, 0) is 0 Å². The van der Waals surface area contributed by atoms with Crippen LogP contribution in [0.5, 0.6) is 0 Å². The van der Waals surface area contributed by atoms with Crippen molar-refractivity contribution in [1.82, 2.24) is 0 Å². The second-order valence-corrected chi connectivity index (χ2v) is 3.16. The zero-order chi connectivity index (χ0) is 6.62. The van der Waals surface area contributed by atoms with E-state index in [2.05, 4.69) is 25.8 Å². The Morgan fingerprint density at radius 3 is 2.00 bits per heavy atom. The highest BCUT2D eigenvalue weighted by Crippen LogP contribution is 2.11. The van der Waals surface area contributed by atoms with Crippen molar-refractivity contribution < 1.29 is 0 Å². The predicted octanol–water partition coefficient (Wildman–Crippen LogP) is 2.12. The second-order valence-electron chi connectivity index (χ2n) is 3.16. The lowest BCUT2D eigenvalue weighted by Crippen LogP contribution is -2.08. The fourth-order valence-corrected chi connectivity index (χ4v) is 0.365. The first kappa shape index (κ1) is 7.67. The van der Waals surface area contributed by atoms with Crippen molar-refractivity contribution in [2.75, 3.05) is 6.54 Å². The maximum atomic E-state index is 4.12. The number of rotatable bonds is 1. The Balaban J connectivity index is 3.39. The summed E-state index contributed by atoms with van der Waals surface area (Å²) < 4.78 is 0. The van der Waals surface area contributed by atoms with Gasteiger partial charge in [-0.3, -0.25) is 4.99 Å². The molecule has 0 amide bonds. The van der Waals surface area contributed by atoms with E-state index in [1.54, 1.807) is 0 Å². The standard InChI is InChI=1S/C7H15N/c1-5-8-6-7(2,3)4/h5H,6H2,1-4H3. The first-order valence-corrected chi connectivity index (χ1v) is 3.01. The summed E-state index contributed by atoms with van der Waals surface area (Å²) in [5, 5.41) is 0. The molecule has 0 fully saturated rings. The summed E-state index contributed by atoms with van der Waals surface area (Å²) in [5.41, 5.74) is 0.354. The Kier molecular flexibility index (Phi) is 2.74. The molecule has 0 radical (unpaired) electrons. The van der Waals surface area contributed by atoms with Crippen molar-refractivity contribution >= 4 is 6.21 Å². The molecule has 0 atom stereocenters. The molecule has 8 heavy (non-hydrogen) atoms. The molecule has 0 saturated carbocycles. The van der Waals surface area contributed by atoms with Crippen LogP contribution < -0.4 is 0 Å². The van der Waals surface area contributed by atoms with Crippen LogP contribution in [0.2, 0.25) is 0 Å². The molecule has 0 bridgehead atoms. The SMILES string of the molecule is CC=NCC(C)(C)C. The lowest BCUT2D eigenvalue weighted by molar-refractivity contribution is 0.430. The van der Waals surface area contributed by atoms with Crippen molar-refractivity contribution in [3.05, 3.63) is 0 Å². The van der Waals surface area contributed by atoms with E-state index in [-0.39, 0.29) is 0 Å². The Bertz CT molecular complexity index is 76.9. The van der Waals surface area contributed by atoms with Gasteiger partial charge >= 0.3 is 0 Å². The number of nitrogens with zero attached hydrogens (tertiary/aromatic N) is 1. The third-order valence-corrected chi connectivity index (χ3v) is 0.748. The molecule has 0 aromatic rings. The number of hydrogen-bond acceptors (Lipinski definition) is 1. The molecule has 0 N–H and O–H groups in total. The maximum Gasteiger partial charge on any atom is 0.0433 e. The summed E-state index contributed by atoms with van der Waals surface area (Å²) >= 11 is 0. The lowest BCUT2D eigenvalue weighted by atomic mass is 9.97. The van der Waals surface area contributed by atoms with Crippen LogP contribution in [0, 0.1) is 5.41 Å². The highest BCUT2D eigenvalue weighted by molar-refractivity contribution is 5.53. The minimum absolute atomic E-state index is 0.354. The molecule has 1 heteroatoms. The molecule has 0 aliphatic rings. The molecule has 0 aliphatic heterocycles. The quantitative estimate of drug-likeness (QED) is 0.462. The van der Waals surface area contributed by atoms with E-state index in [9.17, 15) is 0 Å². The monoisotopic (exact) mass is 113 g/mol. The smallest absolute Gasteiger partial charge is 0.0433 e. The highest BCUT2D eigenvalue weighted by Gasteiger charge is 2.06. The molecule has 0 aliphatic carbocycles. The summed E-state index contributed by atoms with van der Waals surface area (Å²) in [6.45, 7) is 9.43. The van der Waals surface area contributed by atoms with Gasteiger partial charge in [-0.1, -0.05) is 20.8 Å². The molecule has 0 rings (SSSR count). The van der Waals surface area contributed by atoms with E-state index in [1.807, 2.05) is 13.1 Å². The van der Waals surface area contributed by atoms with E-state index in [0.29, 0.717) is 5.41 Å². The highest BCUT2D eigenvalue weighted by atomic mass is 14.7. The minimum atomic E-state index is 0.354. The summed E-state index contributed by atoms with van der Waals surface area (Å²) in [5.74, 6) is 0. The predicted molar refractivity (Wildman–Crippen MR) is 38.5 cm³/mol. The van der Waals surface area contributed by atoms with Crippen LogP contribution in [0.1, 0.15) is 27.7 Å².